The number of phenolic OH excluding ortho intramolecular Hbond substituents is 1. The van der Waals surface area contributed by atoms with Gasteiger partial charge < -0.3 is 15.9 Å². The number of ketones is 4. The average molecular weight is 588 g/mol. The first-order chi connectivity index (χ1) is 20.4. The van der Waals surface area contributed by atoms with Crippen molar-refractivity contribution in [2.75, 3.05) is 27.2 Å². The number of hydrogen-bond donors (Lipinski definition) is 3. The summed E-state index contributed by atoms with van der Waals surface area (Å²) in [6.07, 6.45) is 3.93. The Labute approximate surface area is 249 Å². The molecular formula is C33H37N3O7. The number of likely N-dealkylation sites (tertiary alicyclic amines) is 1. The molecule has 226 valence electrons. The maximum absolute atomic E-state index is 14.0. The molecular weight excluding hydrogens is 550 g/mol. The number of phenols is 1. The molecule has 2 saturated carbocycles. The molecule has 4 N–H and O–H groups in total. The normalized spacial score (nSPS) is 31.0. The fourth-order valence-electron chi connectivity index (χ4n) is 8.04. The van der Waals surface area contributed by atoms with Gasteiger partial charge in [-0.25, -0.2) is 0 Å². The van der Waals surface area contributed by atoms with Crippen molar-refractivity contribution in [3.63, 3.8) is 0 Å². The highest BCUT2D eigenvalue weighted by Crippen LogP contribution is 2.51. The van der Waals surface area contributed by atoms with Crippen molar-refractivity contribution in [1.29, 1.82) is 0 Å². The van der Waals surface area contributed by atoms with Gasteiger partial charge in [-0.05, 0) is 87.1 Å². The highest BCUT2D eigenvalue weighted by molar-refractivity contribution is 6.32. The van der Waals surface area contributed by atoms with Gasteiger partial charge in [0.15, 0.2) is 34.7 Å². The Kier molecular flexibility index (Phi) is 7.35. The molecule has 0 aromatic heterocycles. The Morgan fingerprint density at radius 3 is 2.30 bits per heavy atom. The average Bonchev–Trinajstić information content (AvgIpc) is 2.96. The minimum atomic E-state index is -2.73. The van der Waals surface area contributed by atoms with Gasteiger partial charge in [-0.3, -0.25) is 33.8 Å². The molecule has 1 saturated heterocycles. The van der Waals surface area contributed by atoms with E-state index in [1.807, 2.05) is 12.1 Å². The third-order valence-electron chi connectivity index (χ3n) is 10.1. The van der Waals surface area contributed by atoms with Crippen LogP contribution >= 0.6 is 0 Å². The van der Waals surface area contributed by atoms with Crippen LogP contribution in [0.2, 0.25) is 0 Å². The second-order valence-corrected chi connectivity index (χ2v) is 12.8. The highest BCUT2D eigenvalue weighted by Gasteiger charge is 2.69. The smallest absolute Gasteiger partial charge is 0.235 e. The van der Waals surface area contributed by atoms with Crippen molar-refractivity contribution in [2.24, 2.45) is 29.4 Å². The SMILES string of the molecule is CN(C)[C@@H]1C(=O)C(C(N)=O)C(=O)[C@@]2(O)C(=O)C3C(=O)c4c(O)ccc(-c5ccc(CN6CCCCC6)cc5)c4C[C@H]3C[C@@H]12. The van der Waals surface area contributed by atoms with Crippen LogP contribution < -0.4 is 5.73 Å². The van der Waals surface area contributed by atoms with Gasteiger partial charge in [0.2, 0.25) is 5.91 Å². The molecule has 43 heavy (non-hydrogen) atoms. The number of amides is 1. The molecule has 0 radical (unpaired) electrons. The van der Waals surface area contributed by atoms with E-state index in [0.29, 0.717) is 5.56 Å². The van der Waals surface area contributed by atoms with E-state index >= 15 is 0 Å². The number of piperidine rings is 1. The van der Waals surface area contributed by atoms with E-state index < -0.39 is 64.4 Å². The Morgan fingerprint density at radius 2 is 1.67 bits per heavy atom. The van der Waals surface area contributed by atoms with E-state index in [-0.39, 0.29) is 24.2 Å². The van der Waals surface area contributed by atoms with Crippen molar-refractivity contribution >= 4 is 29.0 Å². The second-order valence-electron chi connectivity index (χ2n) is 12.8. The van der Waals surface area contributed by atoms with E-state index in [1.54, 1.807) is 20.2 Å². The van der Waals surface area contributed by atoms with Gasteiger partial charge in [-0.15, -0.1) is 0 Å². The van der Waals surface area contributed by atoms with E-state index in [9.17, 15) is 34.2 Å². The number of primary amides is 1. The summed E-state index contributed by atoms with van der Waals surface area (Å²) in [5.41, 5.74) is 6.05. The summed E-state index contributed by atoms with van der Waals surface area (Å²) in [7, 11) is 3.14. The van der Waals surface area contributed by atoms with Gasteiger partial charge in [0, 0.05) is 12.5 Å². The van der Waals surface area contributed by atoms with Gasteiger partial charge in [0.1, 0.15) is 5.75 Å². The number of carbonyl (C=O) groups is 5. The molecule has 0 spiro atoms. The predicted molar refractivity (Wildman–Crippen MR) is 156 cm³/mol. The van der Waals surface area contributed by atoms with Gasteiger partial charge in [-0.1, -0.05) is 36.8 Å². The van der Waals surface area contributed by atoms with E-state index in [0.717, 1.165) is 30.8 Å². The molecule has 6 rings (SSSR count). The van der Waals surface area contributed by atoms with Crippen LogP contribution in [0.3, 0.4) is 0 Å². The van der Waals surface area contributed by atoms with Crippen molar-refractivity contribution in [3.8, 4) is 16.9 Å². The van der Waals surface area contributed by atoms with Crippen LogP contribution in [0.25, 0.3) is 11.1 Å². The molecule has 3 aliphatic carbocycles. The number of nitrogens with zero attached hydrogens (tertiary/aromatic N) is 2. The lowest BCUT2D eigenvalue weighted by Crippen LogP contribution is -2.74. The third kappa shape index (κ3) is 4.54. The standard InChI is InChI=1S/C33H37N3O7/c1-35(2)27-22-15-19-14-21-20(18-8-6-17(7-9-18)16-36-12-4-3-5-13-36)10-11-23(37)25(21)28(38)24(19)30(40)33(22,43)31(41)26(29(27)39)32(34)42/h6-11,19,22,24,26-27,37,43H,3-5,12-16H2,1-2H3,(H2,34,42)/t19-,22-,24?,26?,27-,33-/m0/s1. The summed E-state index contributed by atoms with van der Waals surface area (Å²) in [5, 5.41) is 22.6. The second kappa shape index (κ2) is 10.8. The Balaban J connectivity index is 1.37. The molecule has 1 heterocycles. The monoisotopic (exact) mass is 587 g/mol. The lowest BCUT2D eigenvalue weighted by Gasteiger charge is -2.52. The number of carbonyl (C=O) groups excluding carboxylic acids is 5. The highest BCUT2D eigenvalue weighted by atomic mass is 16.3. The maximum atomic E-state index is 14.0. The number of hydrogen-bond acceptors (Lipinski definition) is 9. The van der Waals surface area contributed by atoms with Crippen molar-refractivity contribution in [1.82, 2.24) is 9.80 Å². The molecule has 10 heteroatoms. The van der Waals surface area contributed by atoms with E-state index in [1.165, 1.54) is 35.8 Å². The zero-order valence-corrected chi connectivity index (χ0v) is 24.4. The van der Waals surface area contributed by atoms with Gasteiger partial charge in [0.05, 0.1) is 17.5 Å². The molecule has 1 aliphatic heterocycles. The number of fused-ring (bicyclic) bond motifs is 3. The quantitative estimate of drug-likeness (QED) is 0.441. The van der Waals surface area contributed by atoms with Gasteiger partial charge >= 0.3 is 0 Å². The summed E-state index contributed by atoms with van der Waals surface area (Å²) in [4.78, 5) is 70.8. The Bertz CT molecular complexity index is 1530. The first kappa shape index (κ1) is 29.3. The van der Waals surface area contributed by atoms with Crippen molar-refractivity contribution in [2.45, 2.75) is 50.3 Å². The van der Waals surface area contributed by atoms with Crippen LogP contribution in [0.15, 0.2) is 36.4 Å². The third-order valence-corrected chi connectivity index (χ3v) is 10.1. The summed E-state index contributed by atoms with van der Waals surface area (Å²) < 4.78 is 0. The number of aliphatic hydroxyl groups is 1. The fraction of sp³-hybridized carbons (Fsp3) is 0.485. The van der Waals surface area contributed by atoms with Gasteiger partial charge in [-0.2, -0.15) is 0 Å². The molecule has 2 aromatic carbocycles. The van der Waals surface area contributed by atoms with Crippen LogP contribution in [0.4, 0.5) is 0 Å². The van der Waals surface area contributed by atoms with E-state index in [2.05, 4.69) is 17.0 Å². The van der Waals surface area contributed by atoms with Crippen LogP contribution in [-0.4, -0.2) is 87.9 Å². The molecule has 2 aromatic rings. The minimum absolute atomic E-state index is 0.00138. The molecule has 2 unspecified atom stereocenters. The van der Waals surface area contributed by atoms with Crippen molar-refractivity contribution in [3.05, 3.63) is 53.1 Å². The zero-order chi connectivity index (χ0) is 30.8. The first-order valence-electron chi connectivity index (χ1n) is 15.0. The summed E-state index contributed by atoms with van der Waals surface area (Å²) in [5.74, 6) is -10.4. The van der Waals surface area contributed by atoms with Gasteiger partial charge in [0.25, 0.3) is 0 Å². The number of Topliss-reactive ketones (excluding diaryl/α,β-unsaturated/α-hetero) is 4. The van der Waals surface area contributed by atoms with E-state index in [4.69, 9.17) is 5.73 Å². The Morgan fingerprint density at radius 1 is 1.00 bits per heavy atom. The maximum Gasteiger partial charge on any atom is 0.235 e. The molecule has 4 aliphatic rings. The lowest BCUT2D eigenvalue weighted by molar-refractivity contribution is -0.181. The van der Waals surface area contributed by atoms with Crippen LogP contribution in [0.1, 0.15) is 47.2 Å². The lowest BCUT2D eigenvalue weighted by atomic mass is 9.52. The zero-order valence-electron chi connectivity index (χ0n) is 24.4. The first-order valence-corrected chi connectivity index (χ1v) is 15.0. The predicted octanol–water partition coefficient (Wildman–Crippen LogP) is 1.52. The molecule has 0 bridgehead atoms. The number of rotatable bonds is 5. The molecule has 1 amide bonds. The molecule has 6 atom stereocenters. The number of likely N-dealkylation sites (N-methyl/N-ethyl adjacent to an activating group) is 1. The summed E-state index contributed by atoms with van der Waals surface area (Å²) in [6.45, 7) is 3.04. The fourth-order valence-corrected chi connectivity index (χ4v) is 8.04. The van der Waals surface area contributed by atoms with Crippen molar-refractivity contribution < 1.29 is 34.2 Å². The van der Waals surface area contributed by atoms with Crippen LogP contribution in [-0.2, 0) is 32.1 Å². The Hall–Kier alpha value is -3.73. The largest absolute Gasteiger partial charge is 0.507 e. The summed E-state index contributed by atoms with van der Waals surface area (Å²) in [6, 6.07) is 10.2. The van der Waals surface area contributed by atoms with Crippen LogP contribution in [0.5, 0.6) is 5.75 Å². The topological polar surface area (TPSA) is 158 Å². The number of aromatic hydroxyl groups is 1. The minimum Gasteiger partial charge on any atom is -0.507 e. The summed E-state index contributed by atoms with van der Waals surface area (Å²) >= 11 is 0. The molecule has 3 fully saturated rings. The number of nitrogens with two attached hydrogens (primary N) is 1. The van der Waals surface area contributed by atoms with Crippen LogP contribution in [0, 0.1) is 23.7 Å². The number of benzene rings is 2. The molecule has 10 nitrogen and oxygen atoms in total.